The SMILES string of the molecule is CC(=N)OC(=N)c1ccc(F)cc1. The number of hydrogen-bond donors (Lipinski definition) is 2. The van der Waals surface area contributed by atoms with Crippen LogP contribution in [-0.4, -0.2) is 11.8 Å². The maximum Gasteiger partial charge on any atom is 0.220 e. The third kappa shape index (κ3) is 2.66. The minimum Gasteiger partial charge on any atom is -0.426 e. The minimum absolute atomic E-state index is 0.0608. The summed E-state index contributed by atoms with van der Waals surface area (Å²) in [5.74, 6) is -0.565. The maximum absolute atomic E-state index is 12.5. The second kappa shape index (κ2) is 3.80. The van der Waals surface area contributed by atoms with Crippen LogP contribution in [0.25, 0.3) is 0 Å². The third-order valence-corrected chi connectivity index (χ3v) is 1.36. The Kier molecular flexibility index (Phi) is 2.74. The lowest BCUT2D eigenvalue weighted by molar-refractivity contribution is 0.532. The fourth-order valence-electron chi connectivity index (χ4n) is 0.813. The fourth-order valence-corrected chi connectivity index (χ4v) is 0.813. The van der Waals surface area contributed by atoms with Crippen LogP contribution in [0.5, 0.6) is 0 Å². The molecule has 0 saturated heterocycles. The maximum atomic E-state index is 12.5. The molecule has 0 radical (unpaired) electrons. The molecule has 0 atom stereocenters. The van der Waals surface area contributed by atoms with E-state index in [9.17, 15) is 4.39 Å². The Morgan fingerprint density at radius 2 is 1.77 bits per heavy atom. The van der Waals surface area contributed by atoms with Crippen molar-refractivity contribution in [1.82, 2.24) is 0 Å². The van der Waals surface area contributed by atoms with Gasteiger partial charge in [-0.1, -0.05) is 0 Å². The summed E-state index contributed by atoms with van der Waals surface area (Å²) in [5.41, 5.74) is 0.452. The van der Waals surface area contributed by atoms with Crippen LogP contribution in [0.15, 0.2) is 24.3 Å². The molecule has 4 heteroatoms. The Labute approximate surface area is 75.2 Å². The van der Waals surface area contributed by atoms with Crippen molar-refractivity contribution in [3.05, 3.63) is 35.6 Å². The van der Waals surface area contributed by atoms with E-state index < -0.39 is 0 Å². The summed E-state index contributed by atoms with van der Waals surface area (Å²) >= 11 is 0. The van der Waals surface area contributed by atoms with Crippen molar-refractivity contribution < 1.29 is 9.13 Å². The van der Waals surface area contributed by atoms with Crippen LogP contribution in [0.3, 0.4) is 0 Å². The van der Waals surface area contributed by atoms with Crippen LogP contribution < -0.4 is 0 Å². The first-order chi connectivity index (χ1) is 6.09. The fraction of sp³-hybridized carbons (Fsp3) is 0.111. The lowest BCUT2D eigenvalue weighted by Gasteiger charge is -2.03. The van der Waals surface area contributed by atoms with Crippen molar-refractivity contribution in [3.8, 4) is 0 Å². The van der Waals surface area contributed by atoms with Crippen molar-refractivity contribution in [2.75, 3.05) is 0 Å². The number of benzene rings is 1. The first kappa shape index (κ1) is 9.38. The monoisotopic (exact) mass is 180 g/mol. The highest BCUT2D eigenvalue weighted by Crippen LogP contribution is 2.04. The Bertz CT molecular complexity index is 332. The number of rotatable bonds is 1. The van der Waals surface area contributed by atoms with Gasteiger partial charge < -0.3 is 4.74 Å². The summed E-state index contributed by atoms with van der Waals surface area (Å²) in [5, 5.41) is 14.3. The molecule has 13 heavy (non-hydrogen) atoms. The van der Waals surface area contributed by atoms with Crippen molar-refractivity contribution in [1.29, 1.82) is 10.8 Å². The molecule has 0 aliphatic heterocycles. The average molecular weight is 180 g/mol. The molecule has 0 saturated carbocycles. The van der Waals surface area contributed by atoms with Crippen molar-refractivity contribution >= 4 is 11.8 Å². The van der Waals surface area contributed by atoms with E-state index in [0.717, 1.165) is 0 Å². The predicted molar refractivity (Wildman–Crippen MR) is 47.7 cm³/mol. The third-order valence-electron chi connectivity index (χ3n) is 1.36. The number of nitrogens with one attached hydrogen (secondary N) is 2. The standard InChI is InChI=1S/C9H9FN2O/c1-6(11)13-9(12)7-2-4-8(10)5-3-7/h2-5,11-12H,1H3. The van der Waals surface area contributed by atoms with E-state index in [1.54, 1.807) is 0 Å². The zero-order valence-electron chi connectivity index (χ0n) is 7.10. The molecule has 1 aromatic carbocycles. The first-order valence-electron chi connectivity index (χ1n) is 3.67. The summed E-state index contributed by atoms with van der Waals surface area (Å²) in [6, 6.07) is 5.35. The van der Waals surface area contributed by atoms with E-state index in [-0.39, 0.29) is 17.6 Å². The number of halogens is 1. The molecule has 0 fully saturated rings. The van der Waals surface area contributed by atoms with Gasteiger partial charge in [0.15, 0.2) is 5.90 Å². The zero-order chi connectivity index (χ0) is 9.84. The molecular weight excluding hydrogens is 171 g/mol. The summed E-state index contributed by atoms with van der Waals surface area (Å²) in [6.45, 7) is 1.43. The first-order valence-corrected chi connectivity index (χ1v) is 3.67. The van der Waals surface area contributed by atoms with E-state index in [0.29, 0.717) is 5.56 Å². The lowest BCUT2D eigenvalue weighted by atomic mass is 10.2. The highest BCUT2D eigenvalue weighted by atomic mass is 19.1. The van der Waals surface area contributed by atoms with Gasteiger partial charge in [0.1, 0.15) is 5.82 Å². The van der Waals surface area contributed by atoms with Gasteiger partial charge in [-0.05, 0) is 24.3 Å². The number of hydrogen-bond acceptors (Lipinski definition) is 3. The van der Waals surface area contributed by atoms with E-state index in [4.69, 9.17) is 15.6 Å². The van der Waals surface area contributed by atoms with Crippen LogP contribution in [0.2, 0.25) is 0 Å². The van der Waals surface area contributed by atoms with Crippen LogP contribution in [0.4, 0.5) is 4.39 Å². The van der Waals surface area contributed by atoms with Gasteiger partial charge >= 0.3 is 0 Å². The van der Waals surface area contributed by atoms with Gasteiger partial charge in [-0.3, -0.25) is 10.8 Å². The highest BCUT2D eigenvalue weighted by molar-refractivity contribution is 5.98. The summed E-state index contributed by atoms with van der Waals surface area (Å²) in [7, 11) is 0. The molecule has 2 N–H and O–H groups in total. The van der Waals surface area contributed by atoms with Crippen LogP contribution >= 0.6 is 0 Å². The van der Waals surface area contributed by atoms with Gasteiger partial charge in [0, 0.05) is 12.5 Å². The van der Waals surface area contributed by atoms with Crippen LogP contribution in [-0.2, 0) is 4.74 Å². The van der Waals surface area contributed by atoms with E-state index >= 15 is 0 Å². The van der Waals surface area contributed by atoms with Gasteiger partial charge in [-0.15, -0.1) is 0 Å². The smallest absolute Gasteiger partial charge is 0.220 e. The van der Waals surface area contributed by atoms with Crippen molar-refractivity contribution in [2.24, 2.45) is 0 Å². The van der Waals surface area contributed by atoms with Gasteiger partial charge in [-0.2, -0.15) is 0 Å². The summed E-state index contributed by atoms with van der Waals surface area (Å²) in [6.07, 6.45) is 0. The normalized spacial score (nSPS) is 9.38. The van der Waals surface area contributed by atoms with Crippen LogP contribution in [0.1, 0.15) is 12.5 Å². The van der Waals surface area contributed by atoms with E-state index in [1.807, 2.05) is 0 Å². The Balaban J connectivity index is 2.78. The Hall–Kier alpha value is -1.71. The second-order valence-electron chi connectivity index (χ2n) is 2.49. The van der Waals surface area contributed by atoms with Gasteiger partial charge in [0.05, 0.1) is 0 Å². The van der Waals surface area contributed by atoms with Gasteiger partial charge in [0.25, 0.3) is 0 Å². The highest BCUT2D eigenvalue weighted by Gasteiger charge is 2.02. The zero-order valence-corrected chi connectivity index (χ0v) is 7.10. The lowest BCUT2D eigenvalue weighted by Crippen LogP contribution is -2.08. The molecular formula is C9H9FN2O. The van der Waals surface area contributed by atoms with Gasteiger partial charge in [-0.25, -0.2) is 4.39 Å². The molecule has 0 aromatic heterocycles. The quantitative estimate of drug-likeness (QED) is 0.505. The van der Waals surface area contributed by atoms with Crippen molar-refractivity contribution in [3.63, 3.8) is 0 Å². The largest absolute Gasteiger partial charge is 0.426 e. The van der Waals surface area contributed by atoms with E-state index in [2.05, 4.69) is 0 Å². The summed E-state index contributed by atoms with van der Waals surface area (Å²) < 4.78 is 17.2. The molecule has 0 bridgehead atoms. The molecule has 0 aliphatic carbocycles. The molecule has 0 unspecified atom stereocenters. The molecule has 0 amide bonds. The summed E-state index contributed by atoms with van der Waals surface area (Å²) in [4.78, 5) is 0. The molecule has 68 valence electrons. The molecule has 1 aromatic rings. The number of ether oxygens (including phenoxy) is 1. The molecule has 1 rings (SSSR count). The average Bonchev–Trinajstić information content (AvgIpc) is 2.04. The topological polar surface area (TPSA) is 56.9 Å². The molecule has 0 heterocycles. The van der Waals surface area contributed by atoms with Gasteiger partial charge in [0.2, 0.25) is 5.90 Å². The van der Waals surface area contributed by atoms with Crippen molar-refractivity contribution in [2.45, 2.75) is 6.92 Å². The van der Waals surface area contributed by atoms with E-state index in [1.165, 1.54) is 31.2 Å². The van der Waals surface area contributed by atoms with Crippen LogP contribution in [0, 0.1) is 16.6 Å². The second-order valence-corrected chi connectivity index (χ2v) is 2.49. The minimum atomic E-state index is -0.358. The Morgan fingerprint density at radius 3 is 2.23 bits per heavy atom. The molecule has 0 spiro atoms. The molecule has 0 aliphatic rings. The molecule has 3 nitrogen and oxygen atoms in total. The Morgan fingerprint density at radius 1 is 1.23 bits per heavy atom. The predicted octanol–water partition coefficient (Wildman–Crippen LogP) is 2.16.